The first-order chi connectivity index (χ1) is 12.1. The van der Waals surface area contributed by atoms with Crippen molar-refractivity contribution in [2.24, 2.45) is 5.92 Å². The van der Waals surface area contributed by atoms with E-state index in [1.54, 1.807) is 24.3 Å². The fourth-order valence-corrected chi connectivity index (χ4v) is 3.91. The number of nitrogens with zero attached hydrogens (tertiary/aromatic N) is 4. The number of nitro groups is 1. The summed E-state index contributed by atoms with van der Waals surface area (Å²) in [4.78, 5) is 13.0. The SMILES string of the molecule is C[C@H]1[C@H](Oc2ccc(-c3cccc([N+](=O)[O-])c3)nn2)C2CCN1CC2. The summed E-state index contributed by atoms with van der Waals surface area (Å²) in [7, 11) is 0. The smallest absolute Gasteiger partial charge is 0.270 e. The van der Waals surface area contributed by atoms with E-state index in [-0.39, 0.29) is 11.8 Å². The number of fused-ring (bicyclic) bond motifs is 3. The van der Waals surface area contributed by atoms with Crippen molar-refractivity contribution >= 4 is 5.69 Å². The minimum atomic E-state index is -0.413. The molecule has 3 aliphatic rings. The molecule has 0 unspecified atom stereocenters. The molecule has 0 amide bonds. The Morgan fingerprint density at radius 3 is 2.64 bits per heavy atom. The average molecular weight is 340 g/mol. The predicted molar refractivity (Wildman–Crippen MR) is 92.3 cm³/mol. The molecule has 2 bridgehead atoms. The summed E-state index contributed by atoms with van der Waals surface area (Å²) in [5, 5.41) is 19.3. The Hall–Kier alpha value is -2.54. The van der Waals surface area contributed by atoms with Crippen LogP contribution in [0.25, 0.3) is 11.3 Å². The maximum Gasteiger partial charge on any atom is 0.270 e. The number of ether oxygens (including phenoxy) is 1. The standard InChI is InChI=1S/C18H20N4O3/c1-12-18(13-7-9-21(12)10-8-13)25-17-6-5-16(19-20-17)14-3-2-4-15(11-14)22(23)24/h2-6,11-13,18H,7-10H2,1H3/t12-,18-/m0/s1. The van der Waals surface area contributed by atoms with Crippen LogP contribution < -0.4 is 4.74 Å². The van der Waals surface area contributed by atoms with Gasteiger partial charge in [0.25, 0.3) is 5.69 Å². The van der Waals surface area contributed by atoms with Gasteiger partial charge in [-0.05, 0) is 44.8 Å². The third-order valence-corrected chi connectivity index (χ3v) is 5.34. The predicted octanol–water partition coefficient (Wildman–Crippen LogP) is 2.91. The van der Waals surface area contributed by atoms with E-state index in [1.807, 2.05) is 0 Å². The highest BCUT2D eigenvalue weighted by Gasteiger charge is 2.41. The van der Waals surface area contributed by atoms with Gasteiger partial charge in [-0.3, -0.25) is 15.0 Å². The maximum absolute atomic E-state index is 10.9. The molecule has 4 heterocycles. The molecule has 0 saturated carbocycles. The largest absolute Gasteiger partial charge is 0.471 e. The van der Waals surface area contributed by atoms with Crippen LogP contribution in [0.15, 0.2) is 36.4 Å². The second kappa shape index (κ2) is 6.40. The molecule has 7 nitrogen and oxygen atoms in total. The Labute approximate surface area is 145 Å². The van der Waals surface area contributed by atoms with Crippen molar-refractivity contribution in [3.63, 3.8) is 0 Å². The third kappa shape index (κ3) is 3.07. The van der Waals surface area contributed by atoms with Gasteiger partial charge in [0.05, 0.1) is 10.6 Å². The van der Waals surface area contributed by atoms with E-state index >= 15 is 0 Å². The van der Waals surface area contributed by atoms with E-state index < -0.39 is 4.92 Å². The fraction of sp³-hybridized carbons (Fsp3) is 0.444. The number of nitro benzene ring substituents is 1. The van der Waals surface area contributed by atoms with Gasteiger partial charge in [-0.1, -0.05) is 12.1 Å². The number of non-ortho nitro benzene ring substituents is 1. The molecular weight excluding hydrogens is 320 g/mol. The van der Waals surface area contributed by atoms with Crippen molar-refractivity contribution in [3.8, 4) is 17.1 Å². The summed E-state index contributed by atoms with van der Waals surface area (Å²) in [5.74, 6) is 1.10. The normalized spacial score (nSPS) is 27.9. The van der Waals surface area contributed by atoms with Gasteiger partial charge in [0.15, 0.2) is 0 Å². The summed E-state index contributed by atoms with van der Waals surface area (Å²) in [6, 6.07) is 10.4. The molecule has 2 aromatic rings. The topological polar surface area (TPSA) is 81.4 Å². The molecule has 3 aliphatic heterocycles. The van der Waals surface area contributed by atoms with Crippen molar-refractivity contribution in [1.82, 2.24) is 15.1 Å². The molecule has 130 valence electrons. The maximum atomic E-state index is 10.9. The number of piperidine rings is 3. The van der Waals surface area contributed by atoms with Crippen LogP contribution in [0.2, 0.25) is 0 Å². The number of hydrogen-bond acceptors (Lipinski definition) is 6. The zero-order valence-corrected chi connectivity index (χ0v) is 14.0. The van der Waals surface area contributed by atoms with Gasteiger partial charge in [-0.15, -0.1) is 10.2 Å². The molecule has 0 N–H and O–H groups in total. The van der Waals surface area contributed by atoms with Crippen molar-refractivity contribution in [3.05, 3.63) is 46.5 Å². The lowest BCUT2D eigenvalue weighted by atomic mass is 9.81. The molecule has 7 heteroatoms. The van der Waals surface area contributed by atoms with Crippen molar-refractivity contribution in [2.45, 2.75) is 31.9 Å². The zero-order valence-electron chi connectivity index (χ0n) is 14.0. The van der Waals surface area contributed by atoms with E-state index in [1.165, 1.54) is 25.0 Å². The Bertz CT molecular complexity index is 770. The molecule has 1 aromatic carbocycles. The summed E-state index contributed by atoms with van der Waals surface area (Å²) in [6.07, 6.45) is 2.50. The highest BCUT2D eigenvalue weighted by atomic mass is 16.6. The molecule has 2 atom stereocenters. The Kier molecular flexibility index (Phi) is 4.09. The summed E-state index contributed by atoms with van der Waals surface area (Å²) >= 11 is 0. The van der Waals surface area contributed by atoms with Gasteiger partial charge in [0.2, 0.25) is 5.88 Å². The quantitative estimate of drug-likeness (QED) is 0.629. The number of hydrogen-bond donors (Lipinski definition) is 0. The van der Waals surface area contributed by atoms with Crippen LogP contribution >= 0.6 is 0 Å². The van der Waals surface area contributed by atoms with Crippen LogP contribution in [-0.4, -0.2) is 45.3 Å². The first-order valence-electron chi connectivity index (χ1n) is 8.61. The lowest BCUT2D eigenvalue weighted by Crippen LogP contribution is -2.58. The van der Waals surface area contributed by atoms with E-state index in [4.69, 9.17) is 4.74 Å². The van der Waals surface area contributed by atoms with Gasteiger partial charge in [-0.25, -0.2) is 0 Å². The molecule has 0 radical (unpaired) electrons. The van der Waals surface area contributed by atoms with E-state index in [9.17, 15) is 10.1 Å². The van der Waals surface area contributed by atoms with E-state index in [0.717, 1.165) is 13.1 Å². The second-order valence-electron chi connectivity index (χ2n) is 6.76. The molecular formula is C18H20N4O3. The molecule has 5 rings (SSSR count). The fourth-order valence-electron chi connectivity index (χ4n) is 3.91. The zero-order chi connectivity index (χ0) is 17.4. The van der Waals surface area contributed by atoms with Crippen LogP contribution in [0.4, 0.5) is 5.69 Å². The molecule has 0 aliphatic carbocycles. The first-order valence-corrected chi connectivity index (χ1v) is 8.61. The van der Waals surface area contributed by atoms with Gasteiger partial charge in [0.1, 0.15) is 6.10 Å². The highest BCUT2D eigenvalue weighted by Crippen LogP contribution is 2.34. The third-order valence-electron chi connectivity index (χ3n) is 5.34. The van der Waals surface area contributed by atoms with Crippen LogP contribution in [0.1, 0.15) is 19.8 Å². The molecule has 1 aromatic heterocycles. The van der Waals surface area contributed by atoms with Gasteiger partial charge in [-0.2, -0.15) is 0 Å². The average Bonchev–Trinajstić information content (AvgIpc) is 2.66. The van der Waals surface area contributed by atoms with Gasteiger partial charge < -0.3 is 4.74 Å². The monoisotopic (exact) mass is 340 g/mol. The molecule has 25 heavy (non-hydrogen) atoms. The molecule has 0 spiro atoms. The number of benzene rings is 1. The Morgan fingerprint density at radius 2 is 2.00 bits per heavy atom. The minimum Gasteiger partial charge on any atom is -0.471 e. The Balaban J connectivity index is 1.51. The lowest BCUT2D eigenvalue weighted by molar-refractivity contribution is -0.384. The van der Waals surface area contributed by atoms with Crippen molar-refractivity contribution < 1.29 is 9.66 Å². The van der Waals surface area contributed by atoms with Crippen LogP contribution in [0.5, 0.6) is 5.88 Å². The number of aromatic nitrogens is 2. The second-order valence-corrected chi connectivity index (χ2v) is 6.76. The van der Waals surface area contributed by atoms with Gasteiger partial charge >= 0.3 is 0 Å². The minimum absolute atomic E-state index is 0.0423. The van der Waals surface area contributed by atoms with Crippen molar-refractivity contribution in [2.75, 3.05) is 13.1 Å². The van der Waals surface area contributed by atoms with Gasteiger partial charge in [0, 0.05) is 29.8 Å². The number of rotatable bonds is 4. The molecule has 3 fully saturated rings. The highest BCUT2D eigenvalue weighted by molar-refractivity contribution is 5.62. The summed E-state index contributed by atoms with van der Waals surface area (Å²) in [5.41, 5.74) is 1.31. The van der Waals surface area contributed by atoms with Crippen LogP contribution in [0.3, 0.4) is 0 Å². The van der Waals surface area contributed by atoms with E-state index in [0.29, 0.717) is 29.1 Å². The molecule has 3 saturated heterocycles. The van der Waals surface area contributed by atoms with Crippen LogP contribution in [-0.2, 0) is 0 Å². The van der Waals surface area contributed by atoms with E-state index in [2.05, 4.69) is 22.0 Å². The summed E-state index contributed by atoms with van der Waals surface area (Å²) < 4.78 is 6.13. The summed E-state index contributed by atoms with van der Waals surface area (Å²) in [6.45, 7) is 4.52. The first kappa shape index (κ1) is 16.0. The van der Waals surface area contributed by atoms with Crippen LogP contribution in [0, 0.1) is 16.0 Å². The lowest BCUT2D eigenvalue weighted by Gasteiger charge is -2.48. The Morgan fingerprint density at radius 1 is 1.20 bits per heavy atom. The van der Waals surface area contributed by atoms with Crippen molar-refractivity contribution in [1.29, 1.82) is 0 Å².